The molecule has 1 aliphatic heterocycles. The zero-order valence-electron chi connectivity index (χ0n) is 9.09. The molecule has 1 aliphatic carbocycles. The van der Waals surface area contributed by atoms with E-state index in [9.17, 15) is 9.59 Å². The molecule has 0 aromatic carbocycles. The standard InChI is InChI=1S/C11H16N2O2.ClH/c12-7-8-1-3-9(4-2-8)13-10(14)5-6-11(13)15;/h5-6,8-9H,1-4,7,12H2;1H. The number of rotatable bonds is 2. The molecule has 1 heterocycles. The zero-order valence-corrected chi connectivity index (χ0v) is 9.91. The molecule has 4 nitrogen and oxygen atoms in total. The van der Waals surface area contributed by atoms with Crippen LogP contribution in [0.2, 0.25) is 0 Å². The van der Waals surface area contributed by atoms with Crippen LogP contribution in [-0.4, -0.2) is 29.3 Å². The van der Waals surface area contributed by atoms with E-state index in [-0.39, 0.29) is 30.3 Å². The van der Waals surface area contributed by atoms with E-state index in [0.29, 0.717) is 12.5 Å². The minimum atomic E-state index is -0.156. The van der Waals surface area contributed by atoms with Gasteiger partial charge in [0.05, 0.1) is 0 Å². The highest BCUT2D eigenvalue weighted by atomic mass is 35.5. The van der Waals surface area contributed by atoms with E-state index in [1.54, 1.807) is 0 Å². The van der Waals surface area contributed by atoms with E-state index in [0.717, 1.165) is 25.7 Å². The third-order valence-corrected chi connectivity index (χ3v) is 3.36. The molecule has 0 aromatic heterocycles. The summed E-state index contributed by atoms with van der Waals surface area (Å²) in [6.07, 6.45) is 6.58. The average molecular weight is 245 g/mol. The molecular weight excluding hydrogens is 228 g/mol. The second kappa shape index (κ2) is 5.46. The topological polar surface area (TPSA) is 63.4 Å². The van der Waals surface area contributed by atoms with Gasteiger partial charge in [0, 0.05) is 18.2 Å². The normalized spacial score (nSPS) is 29.4. The average Bonchev–Trinajstić information content (AvgIpc) is 2.59. The molecule has 0 bridgehead atoms. The van der Waals surface area contributed by atoms with Gasteiger partial charge in [-0.25, -0.2) is 0 Å². The van der Waals surface area contributed by atoms with Crippen LogP contribution in [0.4, 0.5) is 0 Å². The summed E-state index contributed by atoms with van der Waals surface area (Å²) in [5.41, 5.74) is 5.60. The molecule has 0 spiro atoms. The SMILES string of the molecule is Cl.NCC1CCC(N2C(=O)C=CC2=O)CC1. The largest absolute Gasteiger partial charge is 0.330 e. The Kier molecular flexibility index (Phi) is 4.50. The fourth-order valence-corrected chi connectivity index (χ4v) is 2.41. The summed E-state index contributed by atoms with van der Waals surface area (Å²) in [4.78, 5) is 24.3. The summed E-state index contributed by atoms with van der Waals surface area (Å²) in [5.74, 6) is 0.259. The summed E-state index contributed by atoms with van der Waals surface area (Å²) in [6.45, 7) is 0.715. The third-order valence-electron chi connectivity index (χ3n) is 3.36. The minimum absolute atomic E-state index is 0. The van der Waals surface area contributed by atoms with Crippen molar-refractivity contribution in [3.05, 3.63) is 12.2 Å². The van der Waals surface area contributed by atoms with Gasteiger partial charge in [0.1, 0.15) is 0 Å². The molecule has 1 saturated carbocycles. The van der Waals surface area contributed by atoms with Crippen molar-refractivity contribution in [1.82, 2.24) is 4.90 Å². The van der Waals surface area contributed by atoms with Crippen LogP contribution >= 0.6 is 12.4 Å². The molecule has 5 heteroatoms. The summed E-state index contributed by atoms with van der Waals surface area (Å²) in [5, 5.41) is 0. The lowest BCUT2D eigenvalue weighted by Gasteiger charge is -2.32. The van der Waals surface area contributed by atoms with Crippen LogP contribution in [0.15, 0.2) is 12.2 Å². The van der Waals surface area contributed by atoms with E-state index in [1.807, 2.05) is 0 Å². The lowest BCUT2D eigenvalue weighted by molar-refractivity contribution is -0.140. The molecule has 0 unspecified atom stereocenters. The molecule has 0 radical (unpaired) electrons. The molecule has 2 rings (SSSR count). The fourth-order valence-electron chi connectivity index (χ4n) is 2.41. The van der Waals surface area contributed by atoms with E-state index in [4.69, 9.17) is 5.73 Å². The summed E-state index contributed by atoms with van der Waals surface area (Å²) in [7, 11) is 0. The van der Waals surface area contributed by atoms with Crippen molar-refractivity contribution >= 4 is 24.2 Å². The van der Waals surface area contributed by atoms with Crippen LogP contribution in [0.5, 0.6) is 0 Å². The smallest absolute Gasteiger partial charge is 0.253 e. The Morgan fingerprint density at radius 1 is 1.12 bits per heavy atom. The molecule has 2 aliphatic rings. The van der Waals surface area contributed by atoms with Crippen molar-refractivity contribution in [2.45, 2.75) is 31.7 Å². The molecule has 0 saturated heterocycles. The van der Waals surface area contributed by atoms with Gasteiger partial charge in [-0.15, -0.1) is 12.4 Å². The highest BCUT2D eigenvalue weighted by Gasteiger charge is 2.33. The lowest BCUT2D eigenvalue weighted by atomic mass is 9.85. The predicted octanol–water partition coefficient (Wildman–Crippen LogP) is 0.851. The maximum atomic E-state index is 11.4. The van der Waals surface area contributed by atoms with Gasteiger partial charge < -0.3 is 5.73 Å². The summed E-state index contributed by atoms with van der Waals surface area (Å²) in [6, 6.07) is 0.0998. The first-order valence-electron chi connectivity index (χ1n) is 5.47. The Morgan fingerprint density at radius 3 is 2.06 bits per heavy atom. The Bertz CT molecular complexity index is 291. The summed E-state index contributed by atoms with van der Waals surface area (Å²) >= 11 is 0. The van der Waals surface area contributed by atoms with Gasteiger partial charge in [0.15, 0.2) is 0 Å². The first-order chi connectivity index (χ1) is 7.22. The second-order valence-electron chi connectivity index (χ2n) is 4.29. The van der Waals surface area contributed by atoms with Crippen LogP contribution in [0.25, 0.3) is 0 Å². The van der Waals surface area contributed by atoms with Crippen molar-refractivity contribution in [3.63, 3.8) is 0 Å². The molecule has 2 N–H and O–H groups in total. The minimum Gasteiger partial charge on any atom is -0.330 e. The van der Waals surface area contributed by atoms with Gasteiger partial charge in [0.25, 0.3) is 11.8 Å². The van der Waals surface area contributed by atoms with Gasteiger partial charge in [0.2, 0.25) is 0 Å². The zero-order chi connectivity index (χ0) is 10.8. The summed E-state index contributed by atoms with van der Waals surface area (Å²) < 4.78 is 0. The highest BCUT2D eigenvalue weighted by molar-refractivity contribution is 6.13. The monoisotopic (exact) mass is 244 g/mol. The van der Waals surface area contributed by atoms with E-state index in [2.05, 4.69) is 0 Å². The van der Waals surface area contributed by atoms with Gasteiger partial charge in [-0.05, 0) is 38.1 Å². The second-order valence-corrected chi connectivity index (χ2v) is 4.29. The molecule has 90 valence electrons. The number of hydrogen-bond donors (Lipinski definition) is 1. The van der Waals surface area contributed by atoms with Crippen molar-refractivity contribution in [2.75, 3.05) is 6.54 Å². The number of imide groups is 1. The predicted molar refractivity (Wildman–Crippen MR) is 63.0 cm³/mol. The number of carbonyl (C=O) groups excluding carboxylic acids is 2. The molecule has 0 aromatic rings. The third kappa shape index (κ3) is 2.44. The maximum Gasteiger partial charge on any atom is 0.253 e. The molecular formula is C11H17ClN2O2. The van der Waals surface area contributed by atoms with Crippen molar-refractivity contribution in [2.24, 2.45) is 11.7 Å². The van der Waals surface area contributed by atoms with E-state index >= 15 is 0 Å². The Hall–Kier alpha value is -0.870. The van der Waals surface area contributed by atoms with Crippen LogP contribution in [0.3, 0.4) is 0 Å². The van der Waals surface area contributed by atoms with E-state index < -0.39 is 0 Å². The Morgan fingerprint density at radius 2 is 1.62 bits per heavy atom. The van der Waals surface area contributed by atoms with E-state index in [1.165, 1.54) is 17.1 Å². The molecule has 2 amide bonds. The highest BCUT2D eigenvalue weighted by Crippen LogP contribution is 2.28. The van der Waals surface area contributed by atoms with Crippen molar-refractivity contribution < 1.29 is 9.59 Å². The number of carbonyl (C=O) groups is 2. The first kappa shape index (κ1) is 13.2. The first-order valence-corrected chi connectivity index (χ1v) is 5.47. The fraction of sp³-hybridized carbons (Fsp3) is 0.636. The quantitative estimate of drug-likeness (QED) is 0.733. The number of nitrogens with two attached hydrogens (primary N) is 1. The van der Waals surface area contributed by atoms with Crippen LogP contribution in [-0.2, 0) is 9.59 Å². The molecule has 1 fully saturated rings. The van der Waals surface area contributed by atoms with Gasteiger partial charge in [-0.3, -0.25) is 14.5 Å². The molecule has 16 heavy (non-hydrogen) atoms. The number of nitrogens with zero attached hydrogens (tertiary/aromatic N) is 1. The number of hydrogen-bond acceptors (Lipinski definition) is 3. The number of halogens is 1. The molecule has 0 atom stereocenters. The van der Waals surface area contributed by atoms with Gasteiger partial charge >= 0.3 is 0 Å². The van der Waals surface area contributed by atoms with Crippen LogP contribution in [0.1, 0.15) is 25.7 Å². The maximum absolute atomic E-state index is 11.4. The van der Waals surface area contributed by atoms with Gasteiger partial charge in [-0.1, -0.05) is 0 Å². The lowest BCUT2D eigenvalue weighted by Crippen LogP contribution is -2.42. The van der Waals surface area contributed by atoms with Crippen molar-refractivity contribution in [1.29, 1.82) is 0 Å². The van der Waals surface area contributed by atoms with Crippen LogP contribution in [0, 0.1) is 5.92 Å². The number of amides is 2. The van der Waals surface area contributed by atoms with Gasteiger partial charge in [-0.2, -0.15) is 0 Å². The van der Waals surface area contributed by atoms with Crippen LogP contribution < -0.4 is 5.73 Å². The van der Waals surface area contributed by atoms with Crippen molar-refractivity contribution in [3.8, 4) is 0 Å². The Balaban J connectivity index is 0.00000128. The Labute approximate surface area is 101 Å².